The predicted molar refractivity (Wildman–Crippen MR) is 104 cm³/mol. The van der Waals surface area contributed by atoms with Crippen LogP contribution >= 0.6 is 0 Å². The molecule has 0 aliphatic heterocycles. The molecule has 0 fully saturated rings. The lowest BCUT2D eigenvalue weighted by molar-refractivity contribution is 1.13. The van der Waals surface area contributed by atoms with Crippen LogP contribution in [-0.4, -0.2) is 0 Å². The third-order valence-electron chi connectivity index (χ3n) is 3.96. The molecular weight excluding hydrogens is 276 g/mol. The maximum Gasteiger partial charge on any atom is -0.0109 e. The van der Waals surface area contributed by atoms with Crippen LogP contribution in [0.1, 0.15) is 36.1 Å². The first-order valence-electron chi connectivity index (χ1n) is 8.22. The van der Waals surface area contributed by atoms with Crippen molar-refractivity contribution in [2.45, 2.75) is 34.1 Å². The fourth-order valence-corrected chi connectivity index (χ4v) is 2.75. The minimum Gasteiger partial charge on any atom is -0.0955 e. The van der Waals surface area contributed by atoms with Crippen LogP contribution in [-0.2, 0) is 6.42 Å². The molecule has 0 atom stereocenters. The molecule has 0 spiro atoms. The molecule has 3 aromatic carbocycles. The Labute approximate surface area is 140 Å². The van der Waals surface area contributed by atoms with Crippen LogP contribution in [0.25, 0.3) is 16.3 Å². The zero-order valence-electron chi connectivity index (χ0n) is 14.7. The number of hydrogen-bond acceptors (Lipinski definition) is 0. The normalized spacial score (nSPS) is 10.1. The van der Waals surface area contributed by atoms with Crippen molar-refractivity contribution in [3.05, 3.63) is 89.5 Å². The van der Waals surface area contributed by atoms with E-state index in [1.165, 1.54) is 33.0 Å². The molecule has 0 heterocycles. The van der Waals surface area contributed by atoms with E-state index in [4.69, 9.17) is 0 Å². The lowest BCUT2D eigenvalue weighted by Gasteiger charge is -2.07. The zero-order chi connectivity index (χ0) is 16.8. The molecule has 3 aromatic rings. The van der Waals surface area contributed by atoms with E-state index in [9.17, 15) is 0 Å². The van der Waals surface area contributed by atoms with Crippen molar-refractivity contribution in [3.63, 3.8) is 0 Å². The van der Waals surface area contributed by atoms with Gasteiger partial charge in [0.15, 0.2) is 0 Å². The van der Waals surface area contributed by atoms with Crippen molar-refractivity contribution in [1.82, 2.24) is 0 Å². The maximum atomic E-state index is 4.02. The van der Waals surface area contributed by atoms with E-state index in [0.717, 1.165) is 12.0 Å². The Balaban J connectivity index is 0.000000185. The number of allylic oxidation sites excluding steroid dienone is 1. The summed E-state index contributed by atoms with van der Waals surface area (Å²) in [6, 6.07) is 21.5. The second-order valence-corrected chi connectivity index (χ2v) is 6.16. The summed E-state index contributed by atoms with van der Waals surface area (Å²) in [5.74, 6) is 0. The quantitative estimate of drug-likeness (QED) is 0.492. The Bertz CT molecular complexity index is 809. The number of fused-ring (bicyclic) bond motifs is 1. The van der Waals surface area contributed by atoms with Crippen LogP contribution < -0.4 is 0 Å². The van der Waals surface area contributed by atoms with Gasteiger partial charge in [-0.15, -0.1) is 0 Å². The average Bonchev–Trinajstić information content (AvgIpc) is 2.54. The second-order valence-electron chi connectivity index (χ2n) is 6.16. The Kier molecular flexibility index (Phi) is 5.76. The van der Waals surface area contributed by atoms with Gasteiger partial charge in [-0.1, -0.05) is 85.3 Å². The SMILES string of the molecule is C=C(C)c1cc(C)cc2ccccc12.CCc1cccc(C)c1. The summed E-state index contributed by atoms with van der Waals surface area (Å²) in [4.78, 5) is 0. The minimum atomic E-state index is 1.13. The summed E-state index contributed by atoms with van der Waals surface area (Å²) >= 11 is 0. The summed E-state index contributed by atoms with van der Waals surface area (Å²) in [5, 5.41) is 2.59. The molecule has 0 radical (unpaired) electrons. The van der Waals surface area contributed by atoms with Crippen LogP contribution in [0.4, 0.5) is 0 Å². The molecule has 3 rings (SSSR count). The topological polar surface area (TPSA) is 0 Å². The molecule has 0 aliphatic carbocycles. The summed E-state index contributed by atoms with van der Waals surface area (Å²) in [6.07, 6.45) is 1.14. The molecule has 23 heavy (non-hydrogen) atoms. The lowest BCUT2D eigenvalue weighted by atomic mass is 9.98. The van der Waals surface area contributed by atoms with Gasteiger partial charge in [-0.3, -0.25) is 0 Å². The van der Waals surface area contributed by atoms with Crippen LogP contribution in [0, 0.1) is 13.8 Å². The van der Waals surface area contributed by atoms with Crippen molar-refractivity contribution in [2.24, 2.45) is 0 Å². The van der Waals surface area contributed by atoms with Crippen molar-refractivity contribution >= 4 is 16.3 Å². The highest BCUT2D eigenvalue weighted by atomic mass is 14.1. The summed E-state index contributed by atoms with van der Waals surface area (Å²) in [6.45, 7) is 12.5. The molecule has 118 valence electrons. The molecular formula is C23H26. The van der Waals surface area contributed by atoms with Gasteiger partial charge in [-0.05, 0) is 54.7 Å². The van der Waals surface area contributed by atoms with Crippen LogP contribution in [0.15, 0.2) is 67.2 Å². The van der Waals surface area contributed by atoms with E-state index in [1.807, 2.05) is 0 Å². The third kappa shape index (κ3) is 4.56. The number of benzene rings is 3. The van der Waals surface area contributed by atoms with E-state index in [1.54, 1.807) is 0 Å². The summed E-state index contributed by atoms with van der Waals surface area (Å²) in [7, 11) is 0. The maximum absolute atomic E-state index is 4.02. The van der Waals surface area contributed by atoms with Gasteiger partial charge < -0.3 is 0 Å². The number of aryl methyl sites for hydroxylation is 3. The predicted octanol–water partition coefficient (Wildman–Crippen LogP) is 6.74. The highest BCUT2D eigenvalue weighted by Crippen LogP contribution is 2.25. The van der Waals surface area contributed by atoms with Crippen molar-refractivity contribution in [2.75, 3.05) is 0 Å². The first-order chi connectivity index (χ1) is 11.0. The van der Waals surface area contributed by atoms with E-state index >= 15 is 0 Å². The van der Waals surface area contributed by atoms with Gasteiger partial charge in [0.1, 0.15) is 0 Å². The van der Waals surface area contributed by atoms with Crippen molar-refractivity contribution in [3.8, 4) is 0 Å². The van der Waals surface area contributed by atoms with E-state index in [2.05, 4.69) is 94.9 Å². The van der Waals surface area contributed by atoms with Crippen LogP contribution in [0.2, 0.25) is 0 Å². The smallest absolute Gasteiger partial charge is 0.0109 e. The first kappa shape index (κ1) is 17.0. The van der Waals surface area contributed by atoms with E-state index in [-0.39, 0.29) is 0 Å². The number of hydrogen-bond donors (Lipinski definition) is 0. The molecule has 0 bridgehead atoms. The molecule has 0 unspecified atom stereocenters. The van der Waals surface area contributed by atoms with Crippen LogP contribution in [0.3, 0.4) is 0 Å². The second kappa shape index (κ2) is 7.78. The Morgan fingerprint density at radius 3 is 2.22 bits per heavy atom. The average molecular weight is 302 g/mol. The largest absolute Gasteiger partial charge is 0.0955 e. The zero-order valence-corrected chi connectivity index (χ0v) is 14.7. The fourth-order valence-electron chi connectivity index (χ4n) is 2.75. The van der Waals surface area contributed by atoms with Gasteiger partial charge in [-0.2, -0.15) is 0 Å². The summed E-state index contributed by atoms with van der Waals surface area (Å²) in [5.41, 5.74) is 6.47. The van der Waals surface area contributed by atoms with Gasteiger partial charge in [0.2, 0.25) is 0 Å². The van der Waals surface area contributed by atoms with E-state index < -0.39 is 0 Å². The monoisotopic (exact) mass is 302 g/mol. The van der Waals surface area contributed by atoms with Crippen molar-refractivity contribution < 1.29 is 0 Å². The molecule has 0 nitrogen and oxygen atoms in total. The van der Waals surface area contributed by atoms with Gasteiger partial charge >= 0.3 is 0 Å². The van der Waals surface area contributed by atoms with Gasteiger partial charge in [0.05, 0.1) is 0 Å². The van der Waals surface area contributed by atoms with E-state index in [0.29, 0.717) is 0 Å². The Morgan fingerprint density at radius 2 is 1.61 bits per heavy atom. The Morgan fingerprint density at radius 1 is 0.870 bits per heavy atom. The highest BCUT2D eigenvalue weighted by molar-refractivity contribution is 5.93. The lowest BCUT2D eigenvalue weighted by Crippen LogP contribution is -1.84. The highest BCUT2D eigenvalue weighted by Gasteiger charge is 2.01. The molecule has 0 aliphatic rings. The van der Waals surface area contributed by atoms with Crippen molar-refractivity contribution in [1.29, 1.82) is 0 Å². The van der Waals surface area contributed by atoms with Gasteiger partial charge in [-0.25, -0.2) is 0 Å². The van der Waals surface area contributed by atoms with Gasteiger partial charge in [0.25, 0.3) is 0 Å². The third-order valence-corrected chi connectivity index (χ3v) is 3.96. The molecule has 0 N–H and O–H groups in total. The molecule has 0 saturated carbocycles. The number of rotatable bonds is 2. The first-order valence-corrected chi connectivity index (χ1v) is 8.22. The Hall–Kier alpha value is -2.34. The standard InChI is InChI=1S/C14H14.C9H12/c1-10(2)14-9-11(3)8-12-6-4-5-7-13(12)14;1-3-9-6-4-5-8(2)7-9/h4-9H,1H2,2-3H3;4-7H,3H2,1-2H3. The van der Waals surface area contributed by atoms with Crippen LogP contribution in [0.5, 0.6) is 0 Å². The summed E-state index contributed by atoms with van der Waals surface area (Å²) < 4.78 is 0. The fraction of sp³-hybridized carbons (Fsp3) is 0.217. The molecule has 0 aromatic heterocycles. The minimum absolute atomic E-state index is 1.13. The molecule has 0 heteroatoms. The molecule has 0 saturated heterocycles. The molecule has 0 amide bonds. The van der Waals surface area contributed by atoms with Gasteiger partial charge in [0, 0.05) is 0 Å².